The molecule has 0 amide bonds. The molecule has 0 unspecified atom stereocenters. The molecule has 0 radical (unpaired) electrons. The number of thiazole rings is 1. The number of halogens is 1. The maximum absolute atomic E-state index is 13.0. The van der Waals surface area contributed by atoms with E-state index in [2.05, 4.69) is 21.8 Å². The van der Waals surface area contributed by atoms with Crippen LogP contribution in [-0.4, -0.2) is 9.97 Å². The summed E-state index contributed by atoms with van der Waals surface area (Å²) in [5.74, 6) is 5.60. The maximum atomic E-state index is 13.0. The number of aromatic nitrogens is 2. The summed E-state index contributed by atoms with van der Waals surface area (Å²) < 4.78 is 14.0. The molecule has 0 spiro atoms. The van der Waals surface area contributed by atoms with Gasteiger partial charge in [-0.25, -0.2) is 14.4 Å². The van der Waals surface area contributed by atoms with Gasteiger partial charge in [0.1, 0.15) is 5.82 Å². The molecule has 2 heterocycles. The summed E-state index contributed by atoms with van der Waals surface area (Å²) in [5, 5.41) is 0. The highest BCUT2D eigenvalue weighted by molar-refractivity contribution is 7.16. The quantitative estimate of drug-likeness (QED) is 0.576. The molecule has 3 aromatic rings. The standard InChI is InChI=1S/C14H7FN2S/c15-12-3-1-2-10(6-12)4-5-11-7-13-14(16-8-11)17-9-18-13/h1-3,6-9H. The first-order valence-electron chi connectivity index (χ1n) is 5.28. The molecule has 2 nitrogen and oxygen atoms in total. The Morgan fingerprint density at radius 3 is 2.83 bits per heavy atom. The summed E-state index contributed by atoms with van der Waals surface area (Å²) in [6, 6.07) is 8.16. The number of nitrogens with zero attached hydrogens (tertiary/aromatic N) is 2. The van der Waals surface area contributed by atoms with Crippen molar-refractivity contribution in [2.45, 2.75) is 0 Å². The summed E-state index contributed by atoms with van der Waals surface area (Å²) in [6.45, 7) is 0. The lowest BCUT2D eigenvalue weighted by atomic mass is 10.2. The van der Waals surface area contributed by atoms with Crippen LogP contribution in [0.3, 0.4) is 0 Å². The van der Waals surface area contributed by atoms with Crippen molar-refractivity contribution < 1.29 is 4.39 Å². The molecule has 4 heteroatoms. The number of hydrogen-bond acceptors (Lipinski definition) is 3. The Bertz CT molecular complexity index is 768. The molecule has 0 bridgehead atoms. The first-order valence-corrected chi connectivity index (χ1v) is 6.16. The van der Waals surface area contributed by atoms with Gasteiger partial charge in [0.15, 0.2) is 5.65 Å². The second-order valence-electron chi connectivity index (χ2n) is 3.66. The number of fused-ring (bicyclic) bond motifs is 1. The Labute approximate surface area is 107 Å². The van der Waals surface area contributed by atoms with Gasteiger partial charge in [-0.3, -0.25) is 0 Å². The molecule has 0 saturated carbocycles. The van der Waals surface area contributed by atoms with Gasteiger partial charge >= 0.3 is 0 Å². The van der Waals surface area contributed by atoms with Crippen molar-refractivity contribution in [2.75, 3.05) is 0 Å². The second kappa shape index (κ2) is 4.55. The van der Waals surface area contributed by atoms with E-state index >= 15 is 0 Å². The summed E-state index contributed by atoms with van der Waals surface area (Å²) in [6.07, 6.45) is 1.67. The second-order valence-corrected chi connectivity index (χ2v) is 4.54. The van der Waals surface area contributed by atoms with E-state index < -0.39 is 0 Å². The number of pyridine rings is 1. The lowest BCUT2D eigenvalue weighted by Gasteiger charge is -1.91. The minimum absolute atomic E-state index is 0.280. The predicted octanol–water partition coefficient (Wildman–Crippen LogP) is 3.23. The first kappa shape index (κ1) is 10.9. The van der Waals surface area contributed by atoms with Crippen LogP contribution in [0.15, 0.2) is 42.0 Å². The monoisotopic (exact) mass is 254 g/mol. The van der Waals surface area contributed by atoms with E-state index in [9.17, 15) is 4.39 Å². The van der Waals surface area contributed by atoms with E-state index in [0.717, 1.165) is 15.9 Å². The van der Waals surface area contributed by atoms with Crippen molar-refractivity contribution in [3.05, 3.63) is 59.0 Å². The average Bonchev–Trinajstić information content (AvgIpc) is 2.84. The Hall–Kier alpha value is -2.25. The lowest BCUT2D eigenvalue weighted by Crippen LogP contribution is -1.81. The first-order chi connectivity index (χ1) is 8.81. The Balaban J connectivity index is 1.97. The predicted molar refractivity (Wildman–Crippen MR) is 69.8 cm³/mol. The van der Waals surface area contributed by atoms with Crippen LogP contribution in [0.5, 0.6) is 0 Å². The molecule has 0 atom stereocenters. The van der Waals surface area contributed by atoms with Gasteiger partial charge in [-0.15, -0.1) is 11.3 Å². The fourth-order valence-corrected chi connectivity index (χ4v) is 2.20. The fraction of sp³-hybridized carbons (Fsp3) is 0. The Morgan fingerprint density at radius 2 is 1.94 bits per heavy atom. The van der Waals surface area contributed by atoms with Crippen molar-refractivity contribution in [1.82, 2.24) is 9.97 Å². The van der Waals surface area contributed by atoms with E-state index in [4.69, 9.17) is 0 Å². The Kier molecular flexibility index (Phi) is 2.75. The van der Waals surface area contributed by atoms with Crippen LogP contribution >= 0.6 is 11.3 Å². The molecule has 0 aliphatic heterocycles. The van der Waals surface area contributed by atoms with Gasteiger partial charge in [0.25, 0.3) is 0 Å². The van der Waals surface area contributed by atoms with Gasteiger partial charge in [-0.05, 0) is 24.3 Å². The highest BCUT2D eigenvalue weighted by Crippen LogP contribution is 2.16. The summed E-state index contributed by atoms with van der Waals surface area (Å²) in [4.78, 5) is 8.29. The van der Waals surface area contributed by atoms with E-state index in [-0.39, 0.29) is 5.82 Å². The molecular weight excluding hydrogens is 247 g/mol. The van der Waals surface area contributed by atoms with Crippen LogP contribution in [0.25, 0.3) is 10.3 Å². The van der Waals surface area contributed by atoms with Crippen LogP contribution < -0.4 is 0 Å². The van der Waals surface area contributed by atoms with Crippen LogP contribution in [0.2, 0.25) is 0 Å². The van der Waals surface area contributed by atoms with E-state index in [1.54, 1.807) is 23.8 Å². The van der Waals surface area contributed by atoms with Gasteiger partial charge in [0.2, 0.25) is 0 Å². The van der Waals surface area contributed by atoms with E-state index in [1.807, 2.05) is 6.07 Å². The van der Waals surface area contributed by atoms with Crippen LogP contribution in [0.4, 0.5) is 4.39 Å². The van der Waals surface area contributed by atoms with Gasteiger partial charge in [-0.2, -0.15) is 0 Å². The summed E-state index contributed by atoms with van der Waals surface area (Å²) >= 11 is 1.52. The SMILES string of the molecule is Fc1cccc(C#Cc2cnc3ncsc3c2)c1. The molecule has 0 saturated heterocycles. The molecular formula is C14H7FN2S. The zero-order chi connectivity index (χ0) is 12.4. The minimum Gasteiger partial charge on any atom is -0.235 e. The van der Waals surface area contributed by atoms with Gasteiger partial charge in [0, 0.05) is 17.3 Å². The van der Waals surface area contributed by atoms with Crippen molar-refractivity contribution in [2.24, 2.45) is 0 Å². The highest BCUT2D eigenvalue weighted by atomic mass is 32.1. The largest absolute Gasteiger partial charge is 0.235 e. The van der Waals surface area contributed by atoms with Crippen molar-refractivity contribution in [3.8, 4) is 11.8 Å². The van der Waals surface area contributed by atoms with Crippen LogP contribution in [0.1, 0.15) is 11.1 Å². The van der Waals surface area contributed by atoms with E-state index in [1.165, 1.54) is 23.5 Å². The molecule has 0 aliphatic rings. The van der Waals surface area contributed by atoms with Crippen molar-refractivity contribution in [1.29, 1.82) is 0 Å². The zero-order valence-corrected chi connectivity index (χ0v) is 10.0. The maximum Gasteiger partial charge on any atom is 0.170 e. The summed E-state index contributed by atoms with van der Waals surface area (Å²) in [5.41, 5.74) is 3.94. The normalized spacial score (nSPS) is 10.1. The number of rotatable bonds is 0. The zero-order valence-electron chi connectivity index (χ0n) is 9.22. The molecule has 1 aromatic carbocycles. The number of hydrogen-bond donors (Lipinski definition) is 0. The molecule has 0 aliphatic carbocycles. The molecule has 3 rings (SSSR count). The number of benzene rings is 1. The third-order valence-corrected chi connectivity index (χ3v) is 3.13. The van der Waals surface area contributed by atoms with Gasteiger partial charge in [-0.1, -0.05) is 17.9 Å². The van der Waals surface area contributed by atoms with Crippen LogP contribution in [0, 0.1) is 17.7 Å². The minimum atomic E-state index is -0.280. The topological polar surface area (TPSA) is 25.8 Å². The van der Waals surface area contributed by atoms with Gasteiger partial charge < -0.3 is 0 Å². The van der Waals surface area contributed by atoms with Crippen LogP contribution in [-0.2, 0) is 0 Å². The third-order valence-electron chi connectivity index (χ3n) is 2.36. The molecule has 2 aromatic heterocycles. The summed E-state index contributed by atoms with van der Waals surface area (Å²) in [7, 11) is 0. The molecule has 18 heavy (non-hydrogen) atoms. The Morgan fingerprint density at radius 1 is 1.06 bits per heavy atom. The fourth-order valence-electron chi connectivity index (χ4n) is 1.53. The molecule has 0 N–H and O–H groups in total. The average molecular weight is 254 g/mol. The third kappa shape index (κ3) is 2.22. The van der Waals surface area contributed by atoms with Crippen molar-refractivity contribution in [3.63, 3.8) is 0 Å². The van der Waals surface area contributed by atoms with E-state index in [0.29, 0.717) is 5.56 Å². The van der Waals surface area contributed by atoms with Crippen molar-refractivity contribution >= 4 is 21.7 Å². The highest BCUT2D eigenvalue weighted by Gasteiger charge is 1.97. The molecule has 86 valence electrons. The smallest absolute Gasteiger partial charge is 0.170 e. The lowest BCUT2D eigenvalue weighted by molar-refractivity contribution is 0.627. The van der Waals surface area contributed by atoms with Gasteiger partial charge in [0.05, 0.1) is 10.2 Å². The molecule has 0 fully saturated rings.